The first-order chi connectivity index (χ1) is 16.5. The molecule has 4 heteroatoms. The van der Waals surface area contributed by atoms with Crippen molar-refractivity contribution in [2.24, 2.45) is 56.0 Å². The highest BCUT2D eigenvalue weighted by Gasteiger charge is 2.69. The Morgan fingerprint density at radius 2 is 1.56 bits per heavy atom. The van der Waals surface area contributed by atoms with Crippen molar-refractivity contribution in [1.29, 1.82) is 0 Å². The fourth-order valence-electron chi connectivity index (χ4n) is 11.1. The maximum Gasteiger partial charge on any atom is 0.302 e. The highest BCUT2D eigenvalue weighted by Crippen LogP contribution is 2.75. The first-order valence-electron chi connectivity index (χ1n) is 14.7. The van der Waals surface area contributed by atoms with E-state index in [1.54, 1.807) is 12.5 Å². The molecule has 0 aromatic carbocycles. The smallest absolute Gasteiger partial charge is 0.302 e. The van der Waals surface area contributed by atoms with Gasteiger partial charge in [0.1, 0.15) is 6.10 Å². The minimum Gasteiger partial charge on any atom is -0.462 e. The van der Waals surface area contributed by atoms with Crippen LogP contribution in [0.2, 0.25) is 0 Å². The molecule has 4 saturated carbocycles. The third kappa shape index (κ3) is 3.30. The number of rotatable bonds is 2. The molecule has 4 fully saturated rings. The van der Waals surface area contributed by atoms with Gasteiger partial charge in [-0.1, -0.05) is 60.1 Å². The van der Waals surface area contributed by atoms with Crippen molar-refractivity contribution in [3.05, 3.63) is 11.6 Å². The van der Waals surface area contributed by atoms with Crippen LogP contribution in [0.1, 0.15) is 120 Å². The van der Waals surface area contributed by atoms with E-state index >= 15 is 0 Å². The van der Waals surface area contributed by atoms with Crippen LogP contribution in [0.5, 0.6) is 0 Å². The Hall–Kier alpha value is -1.32. The molecule has 5 aliphatic carbocycles. The van der Waals surface area contributed by atoms with Gasteiger partial charge >= 0.3 is 5.97 Å². The third-order valence-corrected chi connectivity index (χ3v) is 13.4. The maximum absolute atomic E-state index is 13.0. The van der Waals surface area contributed by atoms with Gasteiger partial charge in [-0.3, -0.25) is 9.59 Å². The Balaban J connectivity index is 1.55. The predicted molar refractivity (Wildman–Crippen MR) is 144 cm³/mol. The zero-order valence-corrected chi connectivity index (χ0v) is 24.3. The summed E-state index contributed by atoms with van der Waals surface area (Å²) in [5, 5.41) is 0. The van der Waals surface area contributed by atoms with Crippen molar-refractivity contribution < 1.29 is 14.3 Å². The largest absolute Gasteiger partial charge is 0.462 e. The Labute approximate surface area is 219 Å². The summed E-state index contributed by atoms with van der Waals surface area (Å²) in [7, 11) is 0. The van der Waals surface area contributed by atoms with E-state index in [0.717, 1.165) is 51.4 Å². The number of carbonyl (C=O) groups excluding carboxylic acids is 2. The van der Waals surface area contributed by atoms with Gasteiger partial charge in [-0.2, -0.15) is 0 Å². The Morgan fingerprint density at radius 3 is 2.19 bits per heavy atom. The predicted octanol–water partition coefficient (Wildman–Crippen LogP) is 7.21. The second kappa shape index (κ2) is 7.85. The molecule has 3 unspecified atom stereocenters. The minimum atomic E-state index is -0.352. The van der Waals surface area contributed by atoms with Crippen LogP contribution in [0.25, 0.3) is 0 Å². The summed E-state index contributed by atoms with van der Waals surface area (Å²) in [5.74, 6) is 1.23. The monoisotopic (exact) mass is 497 g/mol. The number of nitrogens with two attached hydrogens (primary N) is 1. The molecule has 4 nitrogen and oxygen atoms in total. The number of ether oxygens (including phenoxy) is 1. The number of hydrogen-bond acceptors (Lipinski definition) is 3. The van der Waals surface area contributed by atoms with Crippen LogP contribution in [0.15, 0.2) is 11.6 Å². The molecule has 0 aliphatic heterocycles. The Kier molecular flexibility index (Phi) is 5.74. The van der Waals surface area contributed by atoms with Crippen LogP contribution >= 0.6 is 0 Å². The molecule has 0 heterocycles. The van der Waals surface area contributed by atoms with Gasteiger partial charge in [0.05, 0.1) is 5.41 Å². The van der Waals surface area contributed by atoms with E-state index in [1.165, 1.54) is 12.8 Å². The van der Waals surface area contributed by atoms with E-state index in [4.69, 9.17) is 10.5 Å². The lowest BCUT2D eigenvalue weighted by atomic mass is 9.33. The van der Waals surface area contributed by atoms with Gasteiger partial charge in [0.2, 0.25) is 5.91 Å². The van der Waals surface area contributed by atoms with E-state index in [9.17, 15) is 9.59 Å². The van der Waals surface area contributed by atoms with Crippen LogP contribution in [0.3, 0.4) is 0 Å². The van der Waals surface area contributed by atoms with E-state index in [1.807, 2.05) is 0 Å². The Morgan fingerprint density at radius 1 is 0.889 bits per heavy atom. The highest BCUT2D eigenvalue weighted by atomic mass is 16.5. The lowest BCUT2D eigenvalue weighted by molar-refractivity contribution is -0.212. The SMILES string of the molecule is CC(=O)O[C@H]1CC[C@@]2(C)C(CC[C@]3(C)C2CC=C2C4CC(C)(C)CC[C@]4(C(N)=O)CC[C@]23C)C1(C)C. The zero-order chi connectivity index (χ0) is 26.5. The van der Waals surface area contributed by atoms with Gasteiger partial charge in [0.25, 0.3) is 0 Å². The van der Waals surface area contributed by atoms with E-state index < -0.39 is 0 Å². The molecule has 0 saturated heterocycles. The number of fused-ring (bicyclic) bond motifs is 7. The van der Waals surface area contributed by atoms with Gasteiger partial charge in [-0.15, -0.1) is 0 Å². The van der Waals surface area contributed by atoms with Crippen LogP contribution in [0, 0.1) is 50.2 Å². The molecule has 0 aromatic rings. The van der Waals surface area contributed by atoms with E-state index in [0.29, 0.717) is 11.8 Å². The molecular formula is C32H51NO3. The normalized spacial score (nSPS) is 48.8. The third-order valence-electron chi connectivity index (χ3n) is 13.4. The molecular weight excluding hydrogens is 446 g/mol. The molecule has 0 spiro atoms. The quantitative estimate of drug-likeness (QED) is 0.324. The van der Waals surface area contributed by atoms with E-state index in [-0.39, 0.29) is 56.4 Å². The minimum absolute atomic E-state index is 0.0121. The number of esters is 1. The molecule has 0 bridgehead atoms. The van der Waals surface area contributed by atoms with Gasteiger partial charge in [0.15, 0.2) is 0 Å². The van der Waals surface area contributed by atoms with Crippen molar-refractivity contribution in [2.75, 3.05) is 0 Å². The van der Waals surface area contributed by atoms with Crippen LogP contribution in [0.4, 0.5) is 0 Å². The summed E-state index contributed by atoms with van der Waals surface area (Å²) in [5.41, 5.74) is 8.21. The van der Waals surface area contributed by atoms with Crippen LogP contribution in [-0.4, -0.2) is 18.0 Å². The summed E-state index contributed by atoms with van der Waals surface area (Å²) in [6.45, 7) is 18.7. The first-order valence-corrected chi connectivity index (χ1v) is 14.7. The standard InChI is InChI=1S/C32H51NO3/c1-20(34)36-25-12-13-29(6)23(28(25,4)5)11-14-31(8)24(29)10-9-21-22-19-27(2,3)15-17-32(22,26(33)35)18-16-30(21,31)7/h9,22-25H,10-19H2,1-8H3,(H2,33,35)/t22?,23?,24?,25-,29-,30+,31+,32-/m0/s1. The van der Waals surface area contributed by atoms with Crippen LogP contribution in [-0.2, 0) is 14.3 Å². The average molecular weight is 498 g/mol. The fraction of sp³-hybridized carbons (Fsp3) is 0.875. The first kappa shape index (κ1) is 26.3. The number of carbonyl (C=O) groups is 2. The molecule has 0 radical (unpaired) electrons. The molecule has 2 N–H and O–H groups in total. The number of primary amides is 1. The fourth-order valence-corrected chi connectivity index (χ4v) is 11.1. The van der Waals surface area contributed by atoms with Crippen molar-refractivity contribution in [2.45, 2.75) is 126 Å². The topological polar surface area (TPSA) is 69.4 Å². The average Bonchev–Trinajstić information content (AvgIpc) is 2.75. The summed E-state index contributed by atoms with van der Waals surface area (Å²) < 4.78 is 5.88. The van der Waals surface area contributed by atoms with Crippen molar-refractivity contribution in [1.82, 2.24) is 0 Å². The number of amides is 1. The molecule has 8 atom stereocenters. The van der Waals surface area contributed by atoms with E-state index in [2.05, 4.69) is 54.5 Å². The van der Waals surface area contributed by atoms with Gasteiger partial charge < -0.3 is 10.5 Å². The highest BCUT2D eigenvalue weighted by molar-refractivity contribution is 5.82. The lowest BCUT2D eigenvalue weighted by Crippen LogP contribution is -2.65. The summed E-state index contributed by atoms with van der Waals surface area (Å²) >= 11 is 0. The van der Waals surface area contributed by atoms with Gasteiger partial charge in [-0.25, -0.2) is 0 Å². The molecule has 0 aromatic heterocycles. The zero-order valence-electron chi connectivity index (χ0n) is 24.3. The van der Waals surface area contributed by atoms with Gasteiger partial charge in [0, 0.05) is 12.3 Å². The molecule has 202 valence electrons. The van der Waals surface area contributed by atoms with Crippen molar-refractivity contribution in [3.63, 3.8) is 0 Å². The number of hydrogen-bond donors (Lipinski definition) is 1. The maximum atomic E-state index is 13.0. The molecule has 1 amide bonds. The van der Waals surface area contributed by atoms with Crippen LogP contribution < -0.4 is 5.73 Å². The molecule has 5 rings (SSSR count). The summed E-state index contributed by atoms with van der Waals surface area (Å²) in [4.78, 5) is 24.9. The van der Waals surface area contributed by atoms with Crippen molar-refractivity contribution >= 4 is 11.9 Å². The summed E-state index contributed by atoms with van der Waals surface area (Å²) in [6, 6.07) is 0. The van der Waals surface area contributed by atoms with Gasteiger partial charge in [-0.05, 0) is 104 Å². The second-order valence-corrected chi connectivity index (χ2v) is 15.7. The second-order valence-electron chi connectivity index (χ2n) is 15.7. The summed E-state index contributed by atoms with van der Waals surface area (Å²) in [6.07, 6.45) is 13.3. The molecule has 36 heavy (non-hydrogen) atoms. The Bertz CT molecular complexity index is 995. The number of allylic oxidation sites excluding steroid dienone is 2. The van der Waals surface area contributed by atoms with Crippen molar-refractivity contribution in [3.8, 4) is 0 Å². The molecule has 5 aliphatic rings. The lowest BCUT2D eigenvalue weighted by Gasteiger charge is -2.71.